The quantitative estimate of drug-likeness (QED) is 0.269. The van der Waals surface area contributed by atoms with Crippen LogP contribution in [0.2, 0.25) is 0 Å². The van der Waals surface area contributed by atoms with Gasteiger partial charge in [-0.2, -0.15) is 0 Å². The van der Waals surface area contributed by atoms with E-state index in [1.165, 1.54) is 11.1 Å². The first-order chi connectivity index (χ1) is 11.1. The molecule has 0 fully saturated rings. The standard InChI is InChI=1S/2C11H18O/c2*1-9(2)6-5-7-10(3)11(4)8-12/h2*6,8,10H,4-5,7H2,1-3H3/t2*10-/m10/s1. The first-order valence-corrected chi connectivity index (χ1v) is 8.70. The SMILES string of the molecule is C=C(C=O)[C@@H](C)CCC=C(C)C.C=C(C=O)[C@H](C)CCC=C(C)C. The number of rotatable bonds is 10. The Morgan fingerprint density at radius 3 is 1.25 bits per heavy atom. The minimum atomic E-state index is 0.318. The van der Waals surface area contributed by atoms with Crippen molar-refractivity contribution in [1.82, 2.24) is 0 Å². The molecule has 0 aliphatic rings. The first-order valence-electron chi connectivity index (χ1n) is 8.70. The maximum absolute atomic E-state index is 10.3. The fourth-order valence-electron chi connectivity index (χ4n) is 1.85. The van der Waals surface area contributed by atoms with Crippen molar-refractivity contribution in [3.63, 3.8) is 0 Å². The van der Waals surface area contributed by atoms with Gasteiger partial charge in [0.2, 0.25) is 0 Å². The largest absolute Gasteiger partial charge is 0.298 e. The van der Waals surface area contributed by atoms with E-state index in [-0.39, 0.29) is 0 Å². The second kappa shape index (κ2) is 14.9. The van der Waals surface area contributed by atoms with Crippen LogP contribution in [0.25, 0.3) is 0 Å². The summed E-state index contributed by atoms with van der Waals surface area (Å²) in [4.78, 5) is 20.7. The highest BCUT2D eigenvalue weighted by Crippen LogP contribution is 2.14. The predicted octanol–water partition coefficient (Wildman–Crippen LogP) is 6.25. The lowest BCUT2D eigenvalue weighted by Gasteiger charge is -2.07. The molecule has 2 nitrogen and oxygen atoms in total. The molecule has 0 radical (unpaired) electrons. The number of allylic oxidation sites excluding steroid dienone is 6. The highest BCUT2D eigenvalue weighted by molar-refractivity contribution is 5.73. The fourth-order valence-corrected chi connectivity index (χ4v) is 1.85. The Kier molecular flexibility index (Phi) is 15.2. The van der Waals surface area contributed by atoms with Crippen LogP contribution in [0.1, 0.15) is 67.2 Å². The molecule has 0 unspecified atom stereocenters. The third kappa shape index (κ3) is 15.2. The van der Waals surface area contributed by atoms with Gasteiger partial charge >= 0.3 is 0 Å². The van der Waals surface area contributed by atoms with Crippen LogP contribution in [0.3, 0.4) is 0 Å². The molecule has 0 amide bonds. The van der Waals surface area contributed by atoms with E-state index in [9.17, 15) is 9.59 Å². The maximum atomic E-state index is 10.3. The number of hydrogen-bond donors (Lipinski definition) is 0. The molecule has 0 heterocycles. The van der Waals surface area contributed by atoms with Crippen molar-refractivity contribution < 1.29 is 9.59 Å². The fraction of sp³-hybridized carbons (Fsp3) is 0.545. The number of carbonyl (C=O) groups is 2. The number of aldehydes is 2. The Morgan fingerprint density at radius 2 is 1.04 bits per heavy atom. The smallest absolute Gasteiger partial charge is 0.145 e. The second-order valence-corrected chi connectivity index (χ2v) is 6.91. The molecule has 0 aromatic rings. The molecule has 0 aromatic heterocycles. The molecule has 0 N–H and O–H groups in total. The first kappa shape index (κ1) is 24.6. The zero-order valence-corrected chi connectivity index (χ0v) is 16.5. The van der Waals surface area contributed by atoms with E-state index < -0.39 is 0 Å². The maximum Gasteiger partial charge on any atom is 0.145 e. The topological polar surface area (TPSA) is 34.1 Å². The predicted molar refractivity (Wildman–Crippen MR) is 106 cm³/mol. The lowest BCUT2D eigenvalue weighted by atomic mass is 9.98. The van der Waals surface area contributed by atoms with Gasteiger partial charge in [-0.3, -0.25) is 9.59 Å². The molecule has 2 heteroatoms. The summed E-state index contributed by atoms with van der Waals surface area (Å²) >= 11 is 0. The van der Waals surface area contributed by atoms with Gasteiger partial charge in [0.15, 0.2) is 0 Å². The number of carbonyl (C=O) groups excluding carboxylic acids is 2. The molecule has 136 valence electrons. The third-order valence-corrected chi connectivity index (χ3v) is 3.87. The molecule has 0 aliphatic heterocycles. The minimum absolute atomic E-state index is 0.318. The lowest BCUT2D eigenvalue weighted by molar-refractivity contribution is -0.106. The molecular weight excluding hydrogens is 296 g/mol. The summed E-state index contributed by atoms with van der Waals surface area (Å²) in [5, 5.41) is 0. The van der Waals surface area contributed by atoms with Crippen molar-refractivity contribution in [2.45, 2.75) is 67.2 Å². The Labute approximate surface area is 149 Å². The molecule has 0 rings (SSSR count). The van der Waals surface area contributed by atoms with E-state index in [2.05, 4.69) is 53.0 Å². The Balaban J connectivity index is 0. The van der Waals surface area contributed by atoms with Crippen LogP contribution in [-0.2, 0) is 9.59 Å². The summed E-state index contributed by atoms with van der Waals surface area (Å²) < 4.78 is 0. The van der Waals surface area contributed by atoms with Crippen LogP contribution < -0.4 is 0 Å². The second-order valence-electron chi connectivity index (χ2n) is 6.91. The van der Waals surface area contributed by atoms with Crippen LogP contribution in [0.4, 0.5) is 0 Å². The van der Waals surface area contributed by atoms with E-state index in [0.717, 1.165) is 38.3 Å². The van der Waals surface area contributed by atoms with Crippen molar-refractivity contribution in [2.75, 3.05) is 0 Å². The van der Waals surface area contributed by atoms with Crippen molar-refractivity contribution >= 4 is 12.6 Å². The van der Waals surface area contributed by atoms with E-state index >= 15 is 0 Å². The van der Waals surface area contributed by atoms with Gasteiger partial charge in [-0.15, -0.1) is 0 Å². The van der Waals surface area contributed by atoms with Gasteiger partial charge in [0.05, 0.1) is 0 Å². The summed E-state index contributed by atoms with van der Waals surface area (Å²) in [5.74, 6) is 0.635. The van der Waals surface area contributed by atoms with E-state index in [1.807, 2.05) is 13.8 Å². The van der Waals surface area contributed by atoms with E-state index in [1.54, 1.807) is 0 Å². The van der Waals surface area contributed by atoms with Gasteiger partial charge in [-0.25, -0.2) is 0 Å². The van der Waals surface area contributed by atoms with Gasteiger partial charge in [-0.1, -0.05) is 50.3 Å². The highest BCUT2D eigenvalue weighted by atomic mass is 16.1. The average Bonchev–Trinajstić information content (AvgIpc) is 2.52. The van der Waals surface area contributed by atoms with Crippen molar-refractivity contribution in [3.8, 4) is 0 Å². The summed E-state index contributed by atoms with van der Waals surface area (Å²) in [6.07, 6.45) is 10.2. The molecule has 0 saturated carbocycles. The zero-order valence-electron chi connectivity index (χ0n) is 16.5. The van der Waals surface area contributed by atoms with Gasteiger partial charge in [-0.05, 0) is 76.4 Å². The molecular formula is C22H36O2. The normalized spacial score (nSPS) is 11.9. The zero-order chi connectivity index (χ0) is 19.1. The summed E-state index contributed by atoms with van der Waals surface area (Å²) in [7, 11) is 0. The summed E-state index contributed by atoms with van der Waals surface area (Å²) in [6, 6.07) is 0. The Morgan fingerprint density at radius 1 is 0.750 bits per heavy atom. The molecule has 2 atom stereocenters. The Hall–Kier alpha value is -1.70. The van der Waals surface area contributed by atoms with Crippen LogP contribution in [0, 0.1) is 11.8 Å². The van der Waals surface area contributed by atoms with E-state index in [4.69, 9.17) is 0 Å². The number of hydrogen-bond acceptors (Lipinski definition) is 2. The summed E-state index contributed by atoms with van der Waals surface area (Å²) in [6.45, 7) is 19.8. The molecule has 0 bridgehead atoms. The van der Waals surface area contributed by atoms with Crippen LogP contribution >= 0.6 is 0 Å². The van der Waals surface area contributed by atoms with Crippen molar-refractivity contribution in [2.24, 2.45) is 11.8 Å². The minimum Gasteiger partial charge on any atom is -0.298 e. The molecule has 24 heavy (non-hydrogen) atoms. The highest BCUT2D eigenvalue weighted by Gasteiger charge is 2.04. The van der Waals surface area contributed by atoms with Gasteiger partial charge in [0.1, 0.15) is 12.6 Å². The average molecular weight is 333 g/mol. The van der Waals surface area contributed by atoms with Gasteiger partial charge < -0.3 is 0 Å². The molecule has 0 aromatic carbocycles. The van der Waals surface area contributed by atoms with Crippen LogP contribution in [-0.4, -0.2) is 12.6 Å². The van der Waals surface area contributed by atoms with Crippen molar-refractivity contribution in [1.29, 1.82) is 0 Å². The van der Waals surface area contributed by atoms with Gasteiger partial charge in [0.25, 0.3) is 0 Å². The van der Waals surface area contributed by atoms with E-state index in [0.29, 0.717) is 23.0 Å². The van der Waals surface area contributed by atoms with Crippen molar-refractivity contribution in [3.05, 3.63) is 47.6 Å². The monoisotopic (exact) mass is 332 g/mol. The molecule has 0 spiro atoms. The van der Waals surface area contributed by atoms with Crippen LogP contribution in [0.15, 0.2) is 47.6 Å². The van der Waals surface area contributed by atoms with Gasteiger partial charge in [0, 0.05) is 0 Å². The molecule has 0 aliphatic carbocycles. The van der Waals surface area contributed by atoms with Crippen LogP contribution in [0.5, 0.6) is 0 Å². The molecule has 0 saturated heterocycles. The lowest BCUT2D eigenvalue weighted by Crippen LogP contribution is -1.98. The third-order valence-electron chi connectivity index (χ3n) is 3.87. The summed E-state index contributed by atoms with van der Waals surface area (Å²) in [5.41, 5.74) is 4.08. The Bertz CT molecular complexity index is 414.